The Morgan fingerprint density at radius 1 is 1.07 bits per heavy atom. The van der Waals surface area contributed by atoms with Crippen molar-refractivity contribution in [2.45, 2.75) is 30.7 Å². The molecule has 2 aromatic rings. The number of methoxy groups -OCH3 is 2. The van der Waals surface area contributed by atoms with Gasteiger partial charge in [0.15, 0.2) is 11.5 Å². The normalized spacial score (nSPS) is 19.8. The summed E-state index contributed by atoms with van der Waals surface area (Å²) >= 11 is 0. The number of rotatable bonds is 6. The fourth-order valence-electron chi connectivity index (χ4n) is 3.24. The zero-order chi connectivity index (χ0) is 20.5. The Hall–Kier alpha value is -2.52. The highest BCUT2D eigenvalue weighted by Gasteiger charge is 2.53. The summed E-state index contributed by atoms with van der Waals surface area (Å²) in [5.74, 6) is 0.468. The lowest BCUT2D eigenvalue weighted by Crippen LogP contribution is -2.51. The van der Waals surface area contributed by atoms with E-state index in [0.717, 1.165) is 15.3 Å². The van der Waals surface area contributed by atoms with Crippen molar-refractivity contribution < 1.29 is 27.3 Å². The lowest BCUT2D eigenvalue weighted by atomic mass is 9.92. The van der Waals surface area contributed by atoms with Gasteiger partial charge in [-0.25, -0.2) is 8.42 Å². The van der Waals surface area contributed by atoms with Gasteiger partial charge < -0.3 is 14.1 Å². The molecular weight excluding hydrogens is 381 g/mol. The minimum absolute atomic E-state index is 0.120. The van der Waals surface area contributed by atoms with Gasteiger partial charge >= 0.3 is 13.6 Å². The first kappa shape index (κ1) is 20.2. The molecular formula is C19H22BNO6S. The highest BCUT2D eigenvalue weighted by Crippen LogP contribution is 2.35. The first-order valence-corrected chi connectivity index (χ1v) is 10.1. The van der Waals surface area contributed by atoms with E-state index in [1.165, 1.54) is 26.4 Å². The summed E-state index contributed by atoms with van der Waals surface area (Å²) < 4.78 is 43.1. The molecule has 0 aromatic heterocycles. The molecule has 9 heteroatoms. The van der Waals surface area contributed by atoms with E-state index >= 15 is 0 Å². The van der Waals surface area contributed by atoms with Crippen molar-refractivity contribution in [2.75, 3.05) is 14.2 Å². The van der Waals surface area contributed by atoms with Gasteiger partial charge in [0.25, 0.3) is 0 Å². The van der Waals surface area contributed by atoms with Crippen LogP contribution < -0.4 is 9.47 Å². The summed E-state index contributed by atoms with van der Waals surface area (Å²) in [5.41, 5.74) is 0.299. The number of ether oxygens (including phenoxy) is 2. The van der Waals surface area contributed by atoms with Crippen LogP contribution in [0.5, 0.6) is 11.5 Å². The van der Waals surface area contributed by atoms with Crippen molar-refractivity contribution in [3.63, 3.8) is 0 Å². The molecule has 0 amide bonds. The minimum atomic E-state index is -3.91. The van der Waals surface area contributed by atoms with E-state index in [2.05, 4.69) is 0 Å². The van der Waals surface area contributed by atoms with Gasteiger partial charge in [0.2, 0.25) is 10.0 Å². The van der Waals surface area contributed by atoms with E-state index in [1.807, 2.05) is 6.92 Å². The summed E-state index contributed by atoms with van der Waals surface area (Å²) in [6.45, 7) is 3.45. The molecule has 1 fully saturated rings. The monoisotopic (exact) mass is 403 g/mol. The molecule has 0 N–H and O–H groups in total. The third kappa shape index (κ3) is 3.47. The van der Waals surface area contributed by atoms with E-state index in [0.29, 0.717) is 11.5 Å². The van der Waals surface area contributed by atoms with Crippen molar-refractivity contribution >= 4 is 23.6 Å². The number of carbonyl (C=O) groups excluding carboxylic acids is 1. The third-order valence-electron chi connectivity index (χ3n) is 4.91. The zero-order valence-electron chi connectivity index (χ0n) is 16.3. The SMILES string of the molecule is COc1ccc(C[C@]2(C)C(=O)OBN2S(=O)(=O)c2ccc(C)cc2)cc1OC. The molecule has 28 heavy (non-hydrogen) atoms. The van der Waals surface area contributed by atoms with Gasteiger partial charge in [-0.05, 0) is 43.7 Å². The molecule has 1 aliphatic heterocycles. The van der Waals surface area contributed by atoms with Crippen LogP contribution in [0.25, 0.3) is 0 Å². The van der Waals surface area contributed by atoms with Crippen LogP contribution in [0.2, 0.25) is 0 Å². The molecule has 7 nitrogen and oxygen atoms in total. The zero-order valence-corrected chi connectivity index (χ0v) is 17.1. The Labute approximate surface area is 165 Å². The van der Waals surface area contributed by atoms with Crippen LogP contribution in [-0.4, -0.2) is 46.0 Å². The van der Waals surface area contributed by atoms with E-state index in [9.17, 15) is 13.2 Å². The molecule has 0 radical (unpaired) electrons. The quantitative estimate of drug-likeness (QED) is 0.685. The molecule has 1 saturated heterocycles. The lowest BCUT2D eigenvalue weighted by molar-refractivity contribution is -0.138. The highest BCUT2D eigenvalue weighted by molar-refractivity contribution is 7.90. The fraction of sp³-hybridized carbons (Fsp3) is 0.316. The molecule has 1 heterocycles. The average Bonchev–Trinajstić information content (AvgIpc) is 2.97. The number of benzene rings is 2. The second-order valence-corrected chi connectivity index (χ2v) is 8.73. The number of sulfonamides is 1. The third-order valence-corrected chi connectivity index (χ3v) is 6.86. The molecule has 0 aliphatic carbocycles. The summed E-state index contributed by atoms with van der Waals surface area (Å²) in [6, 6.07) is 11.7. The van der Waals surface area contributed by atoms with Crippen molar-refractivity contribution in [2.24, 2.45) is 0 Å². The molecule has 0 spiro atoms. The number of aryl methyl sites for hydroxylation is 1. The average molecular weight is 403 g/mol. The van der Waals surface area contributed by atoms with Crippen molar-refractivity contribution in [1.29, 1.82) is 0 Å². The first-order chi connectivity index (χ1) is 13.2. The molecule has 2 aromatic carbocycles. The van der Waals surface area contributed by atoms with Gasteiger partial charge in [0.1, 0.15) is 5.54 Å². The first-order valence-electron chi connectivity index (χ1n) is 8.70. The van der Waals surface area contributed by atoms with Crippen LogP contribution in [-0.2, 0) is 25.9 Å². The molecule has 0 unspecified atom stereocenters. The van der Waals surface area contributed by atoms with Gasteiger partial charge in [-0.3, -0.25) is 4.79 Å². The van der Waals surface area contributed by atoms with E-state index in [-0.39, 0.29) is 18.9 Å². The van der Waals surface area contributed by atoms with Crippen molar-refractivity contribution in [3.8, 4) is 11.5 Å². The molecule has 3 rings (SSSR count). The van der Waals surface area contributed by atoms with Crippen LogP contribution in [0.1, 0.15) is 18.1 Å². The topological polar surface area (TPSA) is 82.1 Å². The largest absolute Gasteiger partial charge is 0.521 e. The molecule has 148 valence electrons. The minimum Gasteiger partial charge on any atom is -0.521 e. The van der Waals surface area contributed by atoms with Gasteiger partial charge in [0.05, 0.1) is 19.1 Å². The van der Waals surface area contributed by atoms with Gasteiger partial charge in [0, 0.05) is 6.42 Å². The van der Waals surface area contributed by atoms with Gasteiger partial charge in [-0.15, -0.1) is 0 Å². The predicted octanol–water partition coefficient (Wildman–Crippen LogP) is 1.83. The Bertz CT molecular complexity index is 992. The maximum Gasteiger partial charge on any atom is 0.448 e. The number of hydrogen-bond donors (Lipinski definition) is 0. The van der Waals surface area contributed by atoms with Crippen molar-refractivity contribution in [1.82, 2.24) is 4.22 Å². The second-order valence-electron chi connectivity index (χ2n) is 6.87. The second kappa shape index (κ2) is 7.48. The van der Waals surface area contributed by atoms with E-state index < -0.39 is 21.5 Å². The van der Waals surface area contributed by atoms with Crippen LogP contribution in [0.4, 0.5) is 0 Å². The fourth-order valence-corrected chi connectivity index (χ4v) is 4.83. The summed E-state index contributed by atoms with van der Waals surface area (Å²) in [6.07, 6.45) is 0.136. The summed E-state index contributed by atoms with van der Waals surface area (Å²) in [7, 11) is -1.19. The molecule has 1 aliphatic rings. The van der Waals surface area contributed by atoms with Crippen LogP contribution >= 0.6 is 0 Å². The molecule has 0 bridgehead atoms. The highest BCUT2D eigenvalue weighted by atomic mass is 32.2. The van der Waals surface area contributed by atoms with Crippen LogP contribution in [0.15, 0.2) is 47.4 Å². The number of nitrogens with zero attached hydrogens (tertiary/aromatic N) is 1. The number of hydrogen-bond acceptors (Lipinski definition) is 6. The Balaban J connectivity index is 1.98. The van der Waals surface area contributed by atoms with Crippen LogP contribution in [0, 0.1) is 6.92 Å². The standard InChI is InChI=1S/C19H22BNO6S/c1-13-5-8-15(9-6-13)28(23,24)21-19(2,18(22)27-20-21)12-14-7-10-16(25-3)17(11-14)26-4/h5-11,20H,12H2,1-4H3/t19-/m1/s1. The Kier molecular flexibility index (Phi) is 5.40. The lowest BCUT2D eigenvalue weighted by Gasteiger charge is -2.30. The van der Waals surface area contributed by atoms with Gasteiger partial charge in [-0.2, -0.15) is 4.22 Å². The van der Waals surface area contributed by atoms with Crippen LogP contribution in [0.3, 0.4) is 0 Å². The van der Waals surface area contributed by atoms with Gasteiger partial charge in [-0.1, -0.05) is 23.8 Å². The molecule has 0 saturated carbocycles. The Morgan fingerprint density at radius 2 is 1.71 bits per heavy atom. The molecule has 1 atom stereocenters. The summed E-state index contributed by atoms with van der Waals surface area (Å²) in [4.78, 5) is 12.7. The predicted molar refractivity (Wildman–Crippen MR) is 105 cm³/mol. The maximum absolute atomic E-state index is 13.2. The number of carbonyl (C=O) groups is 1. The summed E-state index contributed by atoms with van der Waals surface area (Å²) in [5, 5.41) is 0. The van der Waals surface area contributed by atoms with Crippen molar-refractivity contribution in [3.05, 3.63) is 53.6 Å². The maximum atomic E-state index is 13.2. The smallest absolute Gasteiger partial charge is 0.448 e. The Morgan fingerprint density at radius 3 is 2.32 bits per heavy atom. The van der Waals surface area contributed by atoms with E-state index in [1.54, 1.807) is 37.3 Å². The van der Waals surface area contributed by atoms with E-state index in [4.69, 9.17) is 14.1 Å².